The Morgan fingerprint density at radius 1 is 1.20 bits per heavy atom. The third kappa shape index (κ3) is 8.85. The van der Waals surface area contributed by atoms with Crippen LogP contribution in [0.5, 0.6) is 0 Å². The molecule has 0 aliphatic carbocycles. The molecule has 5 rings (SSSR count). The summed E-state index contributed by atoms with van der Waals surface area (Å²) in [6, 6.07) is 10.8. The van der Waals surface area contributed by atoms with Crippen LogP contribution in [0.2, 0.25) is 0 Å². The van der Waals surface area contributed by atoms with Gasteiger partial charge in [-0.15, -0.1) is 11.8 Å². The summed E-state index contributed by atoms with van der Waals surface area (Å²) >= 11 is 1.50. The van der Waals surface area contributed by atoms with Crippen molar-refractivity contribution < 1.29 is 23.9 Å². The lowest BCUT2D eigenvalue weighted by molar-refractivity contribution is -0.141. The minimum absolute atomic E-state index is 0.0257. The maximum Gasteiger partial charge on any atom is 0.293 e. The third-order valence-corrected chi connectivity index (χ3v) is 11.1. The summed E-state index contributed by atoms with van der Waals surface area (Å²) in [4.78, 5) is 43.7. The molecule has 1 aromatic carbocycles. The number of nitrogens with zero attached hydrogens (tertiary/aromatic N) is 4. The molecule has 276 valence electrons. The molecule has 4 heterocycles. The molecular formula is C39H54N6O5S. The molecule has 2 aliphatic heterocycles. The van der Waals surface area contributed by atoms with Crippen LogP contribution in [0, 0.1) is 11.3 Å². The smallest absolute Gasteiger partial charge is 0.293 e. The monoisotopic (exact) mass is 718 g/mol. The van der Waals surface area contributed by atoms with Crippen LogP contribution >= 0.6 is 11.8 Å². The SMILES string of the molecule is CCn1c(-c2cccnc2C(C)OC)c(CC(C)(C)COC=O)c2cc(C3=CCCN(CC(C(=O)N4CCCCN4)C(NC=O)SC)C3)ccc21. The fourth-order valence-electron chi connectivity index (χ4n) is 7.53. The predicted octanol–water partition coefficient (Wildman–Crippen LogP) is 5.44. The molecule has 2 amide bonds. The number of rotatable bonds is 17. The zero-order valence-corrected chi connectivity index (χ0v) is 31.8. The molecule has 0 bridgehead atoms. The van der Waals surface area contributed by atoms with E-state index >= 15 is 0 Å². The predicted molar refractivity (Wildman–Crippen MR) is 204 cm³/mol. The lowest BCUT2D eigenvalue weighted by Crippen LogP contribution is -2.55. The zero-order valence-electron chi connectivity index (χ0n) is 30.9. The normalized spacial score (nSPS) is 17.5. The highest BCUT2D eigenvalue weighted by Crippen LogP contribution is 2.41. The van der Waals surface area contributed by atoms with Crippen LogP contribution in [0.3, 0.4) is 0 Å². The number of aromatic nitrogens is 2. The number of hydrazine groups is 1. The summed E-state index contributed by atoms with van der Waals surface area (Å²) in [7, 11) is 1.70. The average Bonchev–Trinajstić information content (AvgIpc) is 3.46. The zero-order chi connectivity index (χ0) is 36.5. The van der Waals surface area contributed by atoms with Gasteiger partial charge >= 0.3 is 0 Å². The molecule has 3 atom stereocenters. The number of aryl methyl sites for hydroxylation is 1. The van der Waals surface area contributed by atoms with Gasteiger partial charge in [-0.2, -0.15) is 0 Å². The summed E-state index contributed by atoms with van der Waals surface area (Å²) in [5.41, 5.74) is 10.6. The van der Waals surface area contributed by atoms with Crippen molar-refractivity contribution in [1.29, 1.82) is 0 Å². The van der Waals surface area contributed by atoms with E-state index in [9.17, 15) is 14.4 Å². The fourth-order valence-corrected chi connectivity index (χ4v) is 8.25. The van der Waals surface area contributed by atoms with Crippen LogP contribution < -0.4 is 10.7 Å². The van der Waals surface area contributed by atoms with E-state index in [0.29, 0.717) is 45.5 Å². The Labute approximate surface area is 306 Å². The molecular weight excluding hydrogens is 665 g/mol. The number of benzene rings is 1. The summed E-state index contributed by atoms with van der Waals surface area (Å²) in [5.74, 6) is -0.373. The maximum atomic E-state index is 13.8. The number of nitrogens with one attached hydrogen (secondary N) is 2. The molecule has 3 unspecified atom stereocenters. The topological polar surface area (TPSA) is 118 Å². The first-order valence-electron chi connectivity index (χ1n) is 18.0. The number of hydrogen-bond acceptors (Lipinski definition) is 9. The van der Waals surface area contributed by atoms with Crippen LogP contribution in [0.1, 0.15) is 69.9 Å². The Balaban J connectivity index is 1.54. The first-order valence-corrected chi connectivity index (χ1v) is 19.3. The number of carbonyl (C=O) groups excluding carboxylic acids is 3. The summed E-state index contributed by atoms with van der Waals surface area (Å²) in [6.07, 6.45) is 10.1. The van der Waals surface area contributed by atoms with Gasteiger partial charge < -0.3 is 19.4 Å². The van der Waals surface area contributed by atoms with E-state index in [2.05, 4.69) is 71.3 Å². The van der Waals surface area contributed by atoms with Crippen molar-refractivity contribution >= 4 is 47.0 Å². The van der Waals surface area contributed by atoms with Crippen molar-refractivity contribution in [2.24, 2.45) is 11.3 Å². The molecule has 51 heavy (non-hydrogen) atoms. The van der Waals surface area contributed by atoms with E-state index in [1.54, 1.807) is 12.1 Å². The van der Waals surface area contributed by atoms with Gasteiger partial charge in [0.25, 0.3) is 6.47 Å². The number of ether oxygens (including phenoxy) is 2. The molecule has 2 aromatic heterocycles. The van der Waals surface area contributed by atoms with E-state index in [4.69, 9.17) is 14.5 Å². The van der Waals surface area contributed by atoms with Crippen molar-refractivity contribution in [2.75, 3.05) is 52.7 Å². The van der Waals surface area contributed by atoms with Gasteiger partial charge in [0.05, 0.1) is 35.4 Å². The molecule has 1 fully saturated rings. The Morgan fingerprint density at radius 2 is 2.02 bits per heavy atom. The Kier molecular flexibility index (Phi) is 13.4. The summed E-state index contributed by atoms with van der Waals surface area (Å²) in [6.45, 7) is 13.5. The minimum atomic E-state index is -0.399. The van der Waals surface area contributed by atoms with Crippen LogP contribution in [-0.2, 0) is 36.8 Å². The molecule has 11 nitrogen and oxygen atoms in total. The van der Waals surface area contributed by atoms with Gasteiger partial charge in [-0.1, -0.05) is 26.0 Å². The largest absolute Gasteiger partial charge is 0.467 e. The van der Waals surface area contributed by atoms with Crippen molar-refractivity contribution in [3.8, 4) is 11.3 Å². The molecule has 12 heteroatoms. The van der Waals surface area contributed by atoms with Gasteiger partial charge in [0.1, 0.15) is 0 Å². The summed E-state index contributed by atoms with van der Waals surface area (Å²) < 4.78 is 13.4. The van der Waals surface area contributed by atoms with E-state index in [1.165, 1.54) is 22.9 Å². The summed E-state index contributed by atoms with van der Waals surface area (Å²) in [5, 5.41) is 5.48. The molecule has 1 saturated heterocycles. The Bertz CT molecular complexity index is 1700. The van der Waals surface area contributed by atoms with Crippen LogP contribution in [0.25, 0.3) is 27.7 Å². The maximum absolute atomic E-state index is 13.8. The van der Waals surface area contributed by atoms with Crippen molar-refractivity contribution in [3.63, 3.8) is 0 Å². The number of amides is 2. The quantitative estimate of drug-likeness (QED) is 0.139. The van der Waals surface area contributed by atoms with Gasteiger partial charge in [0, 0.05) is 74.5 Å². The van der Waals surface area contributed by atoms with Crippen LogP contribution in [0.15, 0.2) is 42.6 Å². The fraction of sp³-hybridized carbons (Fsp3) is 0.538. The van der Waals surface area contributed by atoms with Gasteiger partial charge in [-0.3, -0.25) is 29.3 Å². The van der Waals surface area contributed by atoms with Gasteiger partial charge in [0.15, 0.2) is 0 Å². The molecule has 0 spiro atoms. The minimum Gasteiger partial charge on any atom is -0.467 e. The van der Waals surface area contributed by atoms with Crippen molar-refractivity contribution in [1.82, 2.24) is 30.2 Å². The third-order valence-electron chi connectivity index (χ3n) is 10.1. The molecule has 0 radical (unpaired) electrons. The lowest BCUT2D eigenvalue weighted by atomic mass is 9.84. The number of pyridine rings is 1. The van der Waals surface area contributed by atoms with Crippen molar-refractivity contribution in [2.45, 2.75) is 71.4 Å². The second-order valence-electron chi connectivity index (χ2n) is 14.3. The molecule has 2 N–H and O–H groups in total. The van der Waals surface area contributed by atoms with Gasteiger partial charge in [-0.25, -0.2) is 5.43 Å². The van der Waals surface area contributed by atoms with E-state index < -0.39 is 5.92 Å². The van der Waals surface area contributed by atoms with E-state index in [1.807, 2.05) is 25.4 Å². The first-order chi connectivity index (χ1) is 24.7. The molecule has 2 aliphatic rings. The number of thioether (sulfide) groups is 1. The van der Waals surface area contributed by atoms with Crippen molar-refractivity contribution in [3.05, 3.63) is 59.4 Å². The number of carbonyl (C=O) groups is 3. The highest BCUT2D eigenvalue weighted by Gasteiger charge is 2.35. The van der Waals surface area contributed by atoms with Crippen LogP contribution in [0.4, 0.5) is 0 Å². The number of fused-ring (bicyclic) bond motifs is 1. The number of hydrogen-bond donors (Lipinski definition) is 2. The number of methoxy groups -OCH3 is 1. The first kappa shape index (κ1) is 38.5. The second kappa shape index (κ2) is 17.7. The standard InChI is InChI=1S/C39H54N6O5S/c1-7-44-34-15-14-28(29-12-11-18-43(22-29)23-33(37(51-6)41-25-46)38(48)45-19-9-8-17-42-45)20-31(34)32(21-39(3,4)24-50-26-47)36(44)30-13-10-16-40-35(30)27(2)49-5/h10,12-16,20,25-27,33,37,42H,7-9,11,17-19,21-24H2,1-6H3,(H,41,46). The van der Waals surface area contributed by atoms with Crippen LogP contribution in [-0.4, -0.2) is 96.3 Å². The van der Waals surface area contributed by atoms with E-state index in [0.717, 1.165) is 72.3 Å². The lowest BCUT2D eigenvalue weighted by Gasteiger charge is -2.37. The second-order valence-corrected chi connectivity index (χ2v) is 15.3. The molecule has 3 aromatic rings. The van der Waals surface area contributed by atoms with E-state index in [-0.39, 0.29) is 22.8 Å². The van der Waals surface area contributed by atoms with Gasteiger partial charge in [-0.05, 0) is 86.8 Å². The Hall–Kier alpha value is -3.71. The average molecular weight is 719 g/mol. The molecule has 0 saturated carbocycles. The Morgan fingerprint density at radius 3 is 2.71 bits per heavy atom. The van der Waals surface area contributed by atoms with Gasteiger partial charge in [0.2, 0.25) is 12.3 Å². The highest BCUT2D eigenvalue weighted by molar-refractivity contribution is 7.99. The highest BCUT2D eigenvalue weighted by atomic mass is 32.2.